The van der Waals surface area contributed by atoms with Gasteiger partial charge in [-0.3, -0.25) is 4.79 Å². The molecule has 2 aromatic carbocycles. The van der Waals surface area contributed by atoms with E-state index < -0.39 is 0 Å². The van der Waals surface area contributed by atoms with E-state index in [1.165, 1.54) is 5.56 Å². The number of carbonyl (C=O) groups excluding carboxylic acids is 1. The molecule has 0 spiro atoms. The first kappa shape index (κ1) is 15.4. The normalized spacial score (nSPS) is 11.7. The Morgan fingerprint density at radius 1 is 1.19 bits per heavy atom. The van der Waals surface area contributed by atoms with Crippen molar-refractivity contribution in [1.82, 2.24) is 0 Å². The molecule has 0 aliphatic rings. The number of thioether (sulfide) groups is 1. The number of carbonyl (C=O) groups is 1. The predicted molar refractivity (Wildman–Crippen MR) is 88.8 cm³/mol. The molecule has 0 heterocycles. The van der Waals surface area contributed by atoms with Crippen molar-refractivity contribution < 1.29 is 9.53 Å². The molecule has 0 aromatic heterocycles. The van der Waals surface area contributed by atoms with Gasteiger partial charge in [-0.1, -0.05) is 36.4 Å². The molecule has 1 atom stereocenters. The van der Waals surface area contributed by atoms with Crippen molar-refractivity contribution in [3.05, 3.63) is 60.2 Å². The highest BCUT2D eigenvalue weighted by molar-refractivity contribution is 7.99. The molecule has 1 amide bonds. The fourth-order valence-corrected chi connectivity index (χ4v) is 2.66. The van der Waals surface area contributed by atoms with Crippen molar-refractivity contribution in [2.75, 3.05) is 12.4 Å². The van der Waals surface area contributed by atoms with Crippen LogP contribution in [-0.4, -0.2) is 18.3 Å². The fourth-order valence-electron chi connectivity index (χ4n) is 1.82. The van der Waals surface area contributed by atoms with Crippen LogP contribution in [0.15, 0.2) is 54.6 Å². The van der Waals surface area contributed by atoms with E-state index in [1.807, 2.05) is 49.4 Å². The second-order valence-corrected chi connectivity index (χ2v) is 5.99. The molecule has 4 heteroatoms. The number of amides is 1. The number of anilines is 1. The molecule has 2 rings (SSSR count). The average Bonchev–Trinajstić information content (AvgIpc) is 2.53. The Bertz CT molecular complexity index is 586. The summed E-state index contributed by atoms with van der Waals surface area (Å²) >= 11 is 1.62. The van der Waals surface area contributed by atoms with E-state index >= 15 is 0 Å². The monoisotopic (exact) mass is 301 g/mol. The van der Waals surface area contributed by atoms with Gasteiger partial charge in [-0.15, -0.1) is 11.8 Å². The van der Waals surface area contributed by atoms with Gasteiger partial charge in [-0.2, -0.15) is 0 Å². The highest BCUT2D eigenvalue weighted by Crippen LogP contribution is 2.21. The maximum Gasteiger partial charge on any atom is 0.237 e. The minimum Gasteiger partial charge on any atom is -0.497 e. The van der Waals surface area contributed by atoms with Gasteiger partial charge in [-0.25, -0.2) is 0 Å². The van der Waals surface area contributed by atoms with Crippen LogP contribution in [0.2, 0.25) is 0 Å². The second-order valence-electron chi connectivity index (χ2n) is 4.66. The number of rotatable bonds is 6. The lowest BCUT2D eigenvalue weighted by atomic mass is 10.2. The zero-order valence-electron chi connectivity index (χ0n) is 12.2. The Labute approximate surface area is 129 Å². The molecule has 0 saturated carbocycles. The Balaban J connectivity index is 1.87. The van der Waals surface area contributed by atoms with Gasteiger partial charge in [-0.05, 0) is 24.6 Å². The van der Waals surface area contributed by atoms with E-state index in [4.69, 9.17) is 4.74 Å². The molecule has 0 radical (unpaired) electrons. The molecule has 0 aliphatic carbocycles. The summed E-state index contributed by atoms with van der Waals surface area (Å²) in [4.78, 5) is 12.2. The van der Waals surface area contributed by atoms with Crippen LogP contribution in [0.1, 0.15) is 12.5 Å². The number of ether oxygens (including phenoxy) is 1. The van der Waals surface area contributed by atoms with Crippen LogP contribution < -0.4 is 10.1 Å². The highest BCUT2D eigenvalue weighted by Gasteiger charge is 2.13. The lowest BCUT2D eigenvalue weighted by Gasteiger charge is -2.12. The van der Waals surface area contributed by atoms with Crippen LogP contribution in [0.4, 0.5) is 5.69 Å². The first-order chi connectivity index (χ1) is 10.2. The van der Waals surface area contributed by atoms with E-state index in [1.54, 1.807) is 18.9 Å². The summed E-state index contributed by atoms with van der Waals surface area (Å²) in [6.07, 6.45) is 0. The van der Waals surface area contributed by atoms with Gasteiger partial charge in [0.2, 0.25) is 5.91 Å². The summed E-state index contributed by atoms with van der Waals surface area (Å²) in [5.41, 5.74) is 1.98. The molecule has 0 fully saturated rings. The minimum absolute atomic E-state index is 0.00387. The quantitative estimate of drug-likeness (QED) is 0.878. The van der Waals surface area contributed by atoms with E-state index in [-0.39, 0.29) is 11.2 Å². The highest BCUT2D eigenvalue weighted by atomic mass is 32.2. The van der Waals surface area contributed by atoms with Crippen LogP contribution in [0.3, 0.4) is 0 Å². The smallest absolute Gasteiger partial charge is 0.237 e. The molecule has 3 nitrogen and oxygen atoms in total. The maximum absolute atomic E-state index is 12.2. The maximum atomic E-state index is 12.2. The summed E-state index contributed by atoms with van der Waals surface area (Å²) in [6, 6.07) is 17.5. The van der Waals surface area contributed by atoms with Gasteiger partial charge in [0.1, 0.15) is 5.75 Å². The van der Waals surface area contributed by atoms with Crippen molar-refractivity contribution >= 4 is 23.4 Å². The Morgan fingerprint density at radius 2 is 1.95 bits per heavy atom. The summed E-state index contributed by atoms with van der Waals surface area (Å²) < 4.78 is 5.15. The molecule has 1 N–H and O–H groups in total. The van der Waals surface area contributed by atoms with E-state index in [2.05, 4.69) is 17.4 Å². The lowest BCUT2D eigenvalue weighted by Crippen LogP contribution is -2.22. The first-order valence-electron chi connectivity index (χ1n) is 6.79. The van der Waals surface area contributed by atoms with Crippen molar-refractivity contribution in [2.24, 2.45) is 0 Å². The Morgan fingerprint density at radius 3 is 2.67 bits per heavy atom. The molecular formula is C17H19NO2S. The van der Waals surface area contributed by atoms with Crippen LogP contribution in [0.25, 0.3) is 0 Å². The van der Waals surface area contributed by atoms with Gasteiger partial charge in [0, 0.05) is 17.5 Å². The lowest BCUT2D eigenvalue weighted by molar-refractivity contribution is -0.115. The average molecular weight is 301 g/mol. The van der Waals surface area contributed by atoms with Gasteiger partial charge in [0.25, 0.3) is 0 Å². The summed E-state index contributed by atoms with van der Waals surface area (Å²) in [7, 11) is 1.61. The number of hydrogen-bond donors (Lipinski definition) is 1. The largest absolute Gasteiger partial charge is 0.497 e. The number of hydrogen-bond acceptors (Lipinski definition) is 3. The molecule has 0 bridgehead atoms. The number of methoxy groups -OCH3 is 1. The third kappa shape index (κ3) is 4.83. The third-order valence-corrected chi connectivity index (χ3v) is 4.26. The zero-order chi connectivity index (χ0) is 15.1. The number of benzene rings is 2. The minimum atomic E-state index is -0.114. The standard InChI is InChI=1S/C17H19NO2S/c1-13(21-12-14-7-4-3-5-8-14)17(19)18-15-9-6-10-16(11-15)20-2/h3-11,13H,12H2,1-2H3,(H,18,19)/t13-/m0/s1. The molecule has 110 valence electrons. The summed E-state index contributed by atoms with van der Waals surface area (Å²) in [5, 5.41) is 2.80. The van der Waals surface area contributed by atoms with Crippen LogP contribution >= 0.6 is 11.8 Å². The fraction of sp³-hybridized carbons (Fsp3) is 0.235. The Hall–Kier alpha value is -1.94. The van der Waals surface area contributed by atoms with Crippen molar-refractivity contribution in [3.8, 4) is 5.75 Å². The first-order valence-corrected chi connectivity index (χ1v) is 7.84. The van der Waals surface area contributed by atoms with E-state index in [9.17, 15) is 4.79 Å². The number of nitrogens with one attached hydrogen (secondary N) is 1. The van der Waals surface area contributed by atoms with E-state index in [0.717, 1.165) is 17.2 Å². The van der Waals surface area contributed by atoms with E-state index in [0.29, 0.717) is 0 Å². The van der Waals surface area contributed by atoms with Crippen molar-refractivity contribution in [2.45, 2.75) is 17.9 Å². The molecule has 21 heavy (non-hydrogen) atoms. The molecule has 2 aromatic rings. The SMILES string of the molecule is COc1cccc(NC(=O)[C@H](C)SCc2ccccc2)c1. The molecular weight excluding hydrogens is 282 g/mol. The van der Waals surface area contributed by atoms with Gasteiger partial charge in [0.15, 0.2) is 0 Å². The van der Waals surface area contributed by atoms with Crippen LogP contribution in [0, 0.1) is 0 Å². The summed E-state index contributed by atoms with van der Waals surface area (Å²) in [6.45, 7) is 1.92. The molecule has 0 saturated heterocycles. The second kappa shape index (κ2) is 7.74. The molecule has 0 aliphatic heterocycles. The van der Waals surface area contributed by atoms with Gasteiger partial charge in [0.05, 0.1) is 12.4 Å². The third-order valence-electron chi connectivity index (χ3n) is 3.05. The Kier molecular flexibility index (Phi) is 5.69. The topological polar surface area (TPSA) is 38.3 Å². The zero-order valence-corrected chi connectivity index (χ0v) is 13.0. The summed E-state index contributed by atoms with van der Waals surface area (Å²) in [5.74, 6) is 1.56. The van der Waals surface area contributed by atoms with Crippen molar-refractivity contribution in [3.63, 3.8) is 0 Å². The van der Waals surface area contributed by atoms with Crippen molar-refractivity contribution in [1.29, 1.82) is 0 Å². The van der Waals surface area contributed by atoms with Crippen LogP contribution in [-0.2, 0) is 10.5 Å². The predicted octanol–water partition coefficient (Wildman–Crippen LogP) is 3.96. The molecule has 0 unspecified atom stereocenters. The van der Waals surface area contributed by atoms with Gasteiger partial charge >= 0.3 is 0 Å². The van der Waals surface area contributed by atoms with Gasteiger partial charge < -0.3 is 10.1 Å². The van der Waals surface area contributed by atoms with Crippen LogP contribution in [0.5, 0.6) is 5.75 Å².